The van der Waals surface area contributed by atoms with Crippen LogP contribution in [0.3, 0.4) is 0 Å². The van der Waals surface area contributed by atoms with Crippen LogP contribution in [0, 0.1) is 6.92 Å². The monoisotopic (exact) mass is 323 g/mol. The summed E-state index contributed by atoms with van der Waals surface area (Å²) in [6.45, 7) is 2.14. The van der Waals surface area contributed by atoms with E-state index in [4.69, 9.17) is 4.98 Å². The van der Waals surface area contributed by atoms with Crippen molar-refractivity contribution in [2.75, 3.05) is 0 Å². The lowest BCUT2D eigenvalue weighted by atomic mass is 9.97. The smallest absolute Gasteiger partial charge is 0.0715 e. The van der Waals surface area contributed by atoms with Gasteiger partial charge in [-0.15, -0.1) is 0 Å². The van der Waals surface area contributed by atoms with Gasteiger partial charge in [0.2, 0.25) is 0 Å². The molecule has 0 spiro atoms. The van der Waals surface area contributed by atoms with E-state index >= 15 is 0 Å². The normalized spacial score (nSPS) is 13.6. The minimum absolute atomic E-state index is 1.02. The van der Waals surface area contributed by atoms with Crippen LogP contribution in [0.25, 0.3) is 28.0 Å². The summed E-state index contributed by atoms with van der Waals surface area (Å²) >= 11 is 0. The number of rotatable bonds is 3. The molecule has 0 fully saturated rings. The summed E-state index contributed by atoms with van der Waals surface area (Å²) < 4.78 is 0. The highest BCUT2D eigenvalue weighted by atomic mass is 14.7. The van der Waals surface area contributed by atoms with Gasteiger partial charge in [0.15, 0.2) is 0 Å². The Hall–Kier alpha value is -2.93. The Morgan fingerprint density at radius 1 is 0.720 bits per heavy atom. The largest absolute Gasteiger partial charge is 0.248 e. The van der Waals surface area contributed by atoms with Gasteiger partial charge in [0.1, 0.15) is 0 Å². The maximum absolute atomic E-state index is 4.96. The lowest BCUT2D eigenvalue weighted by molar-refractivity contribution is 1.04. The Morgan fingerprint density at radius 3 is 2.28 bits per heavy atom. The number of aromatic nitrogens is 1. The third-order valence-corrected chi connectivity index (χ3v) is 4.54. The molecular weight excluding hydrogens is 302 g/mol. The maximum atomic E-state index is 4.96. The molecule has 0 saturated heterocycles. The van der Waals surface area contributed by atoms with Gasteiger partial charge in [-0.1, -0.05) is 78.4 Å². The zero-order chi connectivity index (χ0) is 17.1. The Kier molecular flexibility index (Phi) is 4.30. The zero-order valence-corrected chi connectivity index (χ0v) is 14.4. The SMILES string of the molecule is Cc1cccc(-c2cc(C3=CCCC=C3)nc(-c3ccccc3)c2)c1. The van der Waals surface area contributed by atoms with Crippen molar-refractivity contribution in [1.82, 2.24) is 4.98 Å². The number of hydrogen-bond acceptors (Lipinski definition) is 1. The molecule has 0 N–H and O–H groups in total. The second kappa shape index (κ2) is 6.90. The van der Waals surface area contributed by atoms with E-state index in [-0.39, 0.29) is 0 Å². The second-order valence-corrected chi connectivity index (χ2v) is 6.50. The zero-order valence-electron chi connectivity index (χ0n) is 14.4. The van der Waals surface area contributed by atoms with Crippen LogP contribution < -0.4 is 0 Å². The lowest BCUT2D eigenvalue weighted by Gasteiger charge is -2.12. The van der Waals surface area contributed by atoms with Crippen LogP contribution in [0.5, 0.6) is 0 Å². The minimum atomic E-state index is 1.02. The fourth-order valence-corrected chi connectivity index (χ4v) is 3.23. The molecular formula is C24H21N. The standard InChI is InChI=1S/C24H21N/c1-18-9-8-14-21(15-18)22-16-23(19-10-4-2-5-11-19)25-24(17-22)20-12-6-3-7-13-20/h2,4-6,8-17H,3,7H2,1H3. The highest BCUT2D eigenvalue weighted by Gasteiger charge is 2.10. The van der Waals surface area contributed by atoms with Crippen LogP contribution in [0.4, 0.5) is 0 Å². The first kappa shape index (κ1) is 15.6. The molecule has 0 aliphatic heterocycles. The molecule has 4 rings (SSSR count). The van der Waals surface area contributed by atoms with Crippen molar-refractivity contribution in [3.63, 3.8) is 0 Å². The summed E-state index contributed by atoms with van der Waals surface area (Å²) in [7, 11) is 0. The highest BCUT2D eigenvalue weighted by Crippen LogP contribution is 2.30. The van der Waals surface area contributed by atoms with Crippen LogP contribution >= 0.6 is 0 Å². The molecule has 2 aromatic carbocycles. The number of allylic oxidation sites excluding steroid dienone is 4. The Labute approximate surface area is 149 Å². The highest BCUT2D eigenvalue weighted by molar-refractivity contribution is 5.79. The molecule has 0 bridgehead atoms. The maximum Gasteiger partial charge on any atom is 0.0715 e. The van der Waals surface area contributed by atoms with Crippen LogP contribution in [-0.2, 0) is 0 Å². The van der Waals surface area contributed by atoms with E-state index in [2.05, 4.69) is 85.8 Å². The molecule has 0 radical (unpaired) electrons. The Bertz CT molecular complexity index is 949. The average Bonchev–Trinajstić information content (AvgIpc) is 2.69. The third kappa shape index (κ3) is 3.46. The van der Waals surface area contributed by atoms with Gasteiger partial charge >= 0.3 is 0 Å². The molecule has 0 atom stereocenters. The fourth-order valence-electron chi connectivity index (χ4n) is 3.23. The number of benzene rings is 2. The van der Waals surface area contributed by atoms with Crippen molar-refractivity contribution in [3.05, 3.63) is 96.2 Å². The molecule has 1 aliphatic carbocycles. The Morgan fingerprint density at radius 2 is 1.52 bits per heavy atom. The predicted octanol–water partition coefficient (Wildman–Crippen LogP) is 6.46. The van der Waals surface area contributed by atoms with Gasteiger partial charge < -0.3 is 0 Å². The van der Waals surface area contributed by atoms with E-state index < -0.39 is 0 Å². The number of hydrogen-bond donors (Lipinski definition) is 0. The van der Waals surface area contributed by atoms with Crippen LogP contribution in [0.1, 0.15) is 24.1 Å². The van der Waals surface area contributed by atoms with Gasteiger partial charge in [-0.05, 0) is 48.6 Å². The van der Waals surface area contributed by atoms with E-state index in [0.717, 1.165) is 29.8 Å². The topological polar surface area (TPSA) is 12.9 Å². The molecule has 0 saturated carbocycles. The van der Waals surface area contributed by atoms with Crippen molar-refractivity contribution >= 4 is 5.57 Å². The van der Waals surface area contributed by atoms with E-state index in [0.29, 0.717) is 0 Å². The molecule has 1 aliphatic rings. The molecule has 1 nitrogen and oxygen atoms in total. The summed E-state index contributed by atoms with van der Waals surface area (Å²) in [5.74, 6) is 0. The van der Waals surface area contributed by atoms with Crippen molar-refractivity contribution in [1.29, 1.82) is 0 Å². The Balaban J connectivity index is 1.89. The first-order valence-corrected chi connectivity index (χ1v) is 8.81. The van der Waals surface area contributed by atoms with Gasteiger partial charge in [0.05, 0.1) is 11.4 Å². The van der Waals surface area contributed by atoms with Gasteiger partial charge in [-0.2, -0.15) is 0 Å². The molecule has 1 heteroatoms. The first-order chi connectivity index (χ1) is 12.3. The summed E-state index contributed by atoms with van der Waals surface area (Å²) in [6.07, 6.45) is 8.92. The molecule has 1 heterocycles. The van der Waals surface area contributed by atoms with Crippen molar-refractivity contribution < 1.29 is 0 Å². The number of nitrogens with zero attached hydrogens (tertiary/aromatic N) is 1. The average molecular weight is 323 g/mol. The van der Waals surface area contributed by atoms with Gasteiger partial charge in [0, 0.05) is 5.56 Å². The lowest BCUT2D eigenvalue weighted by Crippen LogP contribution is -1.95. The van der Waals surface area contributed by atoms with Crippen LogP contribution in [0.15, 0.2) is 85.0 Å². The predicted molar refractivity (Wildman–Crippen MR) is 106 cm³/mol. The molecule has 0 amide bonds. The summed E-state index contributed by atoms with van der Waals surface area (Å²) in [5, 5.41) is 0. The number of pyridine rings is 1. The van der Waals surface area contributed by atoms with Crippen molar-refractivity contribution in [3.8, 4) is 22.4 Å². The fraction of sp³-hybridized carbons (Fsp3) is 0.125. The summed E-state index contributed by atoms with van der Waals surface area (Å²) in [5.41, 5.74) is 8.17. The van der Waals surface area contributed by atoms with E-state index in [9.17, 15) is 0 Å². The first-order valence-electron chi connectivity index (χ1n) is 8.81. The minimum Gasteiger partial charge on any atom is -0.248 e. The molecule has 122 valence electrons. The van der Waals surface area contributed by atoms with Gasteiger partial charge in [0.25, 0.3) is 0 Å². The summed E-state index contributed by atoms with van der Waals surface area (Å²) in [6, 6.07) is 23.5. The van der Waals surface area contributed by atoms with Crippen LogP contribution in [-0.4, -0.2) is 4.98 Å². The third-order valence-electron chi connectivity index (χ3n) is 4.54. The quantitative estimate of drug-likeness (QED) is 0.539. The summed E-state index contributed by atoms with van der Waals surface area (Å²) in [4.78, 5) is 4.96. The van der Waals surface area contributed by atoms with E-state index in [1.54, 1.807) is 0 Å². The molecule has 0 unspecified atom stereocenters. The molecule has 3 aromatic rings. The second-order valence-electron chi connectivity index (χ2n) is 6.50. The molecule has 1 aromatic heterocycles. The van der Waals surface area contributed by atoms with E-state index in [1.165, 1.54) is 22.3 Å². The molecule has 25 heavy (non-hydrogen) atoms. The van der Waals surface area contributed by atoms with Crippen LogP contribution in [0.2, 0.25) is 0 Å². The van der Waals surface area contributed by atoms with E-state index in [1.807, 2.05) is 6.07 Å². The van der Waals surface area contributed by atoms with Crippen molar-refractivity contribution in [2.24, 2.45) is 0 Å². The van der Waals surface area contributed by atoms with Gasteiger partial charge in [-0.3, -0.25) is 0 Å². The van der Waals surface area contributed by atoms with Crippen molar-refractivity contribution in [2.45, 2.75) is 19.8 Å². The number of aryl methyl sites for hydroxylation is 1. The van der Waals surface area contributed by atoms with Gasteiger partial charge in [-0.25, -0.2) is 4.98 Å².